The second kappa shape index (κ2) is 52.5. The zero-order chi connectivity index (χ0) is 91.1. The van der Waals surface area contributed by atoms with E-state index < -0.39 is 218 Å². The first kappa shape index (κ1) is 102. The molecule has 0 spiro atoms. The second-order valence-corrected chi connectivity index (χ2v) is 31.5. The predicted octanol–water partition coefficient (Wildman–Crippen LogP) is -4.98. The summed E-state index contributed by atoms with van der Waals surface area (Å²) in [4.78, 5) is 237. The third-order valence-corrected chi connectivity index (χ3v) is 21.7. The molecule has 2 saturated heterocycles. The van der Waals surface area contributed by atoms with Crippen molar-refractivity contribution < 1.29 is 102 Å². The number of H-pyrrole nitrogens is 2. The monoisotopic (exact) mass is 1790 g/mol. The van der Waals surface area contributed by atoms with Crippen LogP contribution < -0.4 is 70.0 Å². The van der Waals surface area contributed by atoms with E-state index in [4.69, 9.17) is 16.9 Å². The molecule has 0 bridgehead atoms. The fraction of sp³-hybridized carbons (Fsp3) is 0.564. The number of imidazole rings is 1. The van der Waals surface area contributed by atoms with Gasteiger partial charge in [-0.15, -0.1) is 0 Å². The molecule has 6 rings (SSSR count). The number of carbonyl (C=O) groups excluding carboxylic acids is 11. The average Bonchev–Trinajstić information content (AvgIpc) is 1.62. The van der Waals surface area contributed by atoms with Gasteiger partial charge in [0.2, 0.25) is 65.0 Å². The molecular weight excluding hydrogens is 1680 g/mol. The number of fused-ring (bicyclic) bond motifs is 1. The average molecular weight is 1790 g/mol. The molecule has 2 aromatic heterocycles. The Morgan fingerprint density at radius 1 is 0.500 bits per heavy atom. The summed E-state index contributed by atoms with van der Waals surface area (Å²) in [7, 11) is 0. The van der Waals surface area contributed by atoms with Gasteiger partial charge in [-0.1, -0.05) is 62.4 Å². The molecule has 0 radical (unpaired) electrons. The van der Waals surface area contributed by atoms with Crippen molar-refractivity contribution in [2.24, 2.45) is 17.4 Å². The fourth-order valence-electron chi connectivity index (χ4n) is 13.9. The molecule has 2 aliphatic rings. The Hall–Kier alpha value is -11.2. The predicted molar refractivity (Wildman–Crippen MR) is 460 cm³/mol. The highest BCUT2D eigenvalue weighted by Crippen LogP contribution is 2.23. The highest BCUT2D eigenvalue weighted by atomic mass is 32.1. The summed E-state index contributed by atoms with van der Waals surface area (Å²) in [6.45, 7) is 2.60. The number of nitrogens with two attached hydrogens (primary N) is 2. The Kier molecular flexibility index (Phi) is 43.0. The summed E-state index contributed by atoms with van der Waals surface area (Å²) in [5, 5.41) is 85.9. The number of amides is 11. The van der Waals surface area contributed by atoms with Gasteiger partial charge < -0.3 is 110 Å². The van der Waals surface area contributed by atoms with Gasteiger partial charge in [-0.3, -0.25) is 96.9 Å². The summed E-state index contributed by atoms with van der Waals surface area (Å²) in [6, 6.07) is -1.13. The minimum absolute atomic E-state index is 0.0189. The SMILES string of the molecule is CC(C)[C@H](NC(=O)[C@@H]1CCCN1C(=O)[C@H](CCCCN)NC(=O)[C@H](CS)NC(=O)[C@H](Cc1c[nH]c2ccccc12)NC(=O)[C@H](CCCNC(=N)N)NC(=O)[C@@H](Cc1ccccc1)NC(=O)[C@H](Cc1c[nH]cn1)NC(=O)[C@H](CCC(=O)O)NC(=O)[C@H](CS)NC(=O)[C@H](CS)NC(=O)CN1CCN(CC(=O)O)CCN(CC(=O)O)CCN(CC(=O)O)CC1)C(=O)O. The number of aromatic nitrogens is 3. The number of likely N-dealkylation sites (tertiary alicyclic amines) is 1. The Balaban J connectivity index is 1.23. The maximum absolute atomic E-state index is 15.2. The number of nitrogens with one attached hydrogen (secondary N) is 14. The van der Waals surface area contributed by atoms with Crippen LogP contribution in [0.1, 0.15) is 88.5 Å². The van der Waals surface area contributed by atoms with Gasteiger partial charge in [0, 0.05) is 132 Å². The van der Waals surface area contributed by atoms with Crippen LogP contribution in [0.25, 0.3) is 10.9 Å². The molecule has 4 aromatic rings. The molecule has 2 aromatic carbocycles. The lowest BCUT2D eigenvalue weighted by atomic mass is 10.0. The number of unbranched alkanes of at least 4 members (excludes halogenated alkanes) is 1. The molecule has 43 nitrogen and oxygen atoms in total. The van der Waals surface area contributed by atoms with E-state index in [9.17, 15) is 83.1 Å². The van der Waals surface area contributed by atoms with Gasteiger partial charge in [0.25, 0.3) is 0 Å². The van der Waals surface area contributed by atoms with Gasteiger partial charge in [-0.25, -0.2) is 9.78 Å². The number of hydrogen-bond donors (Lipinski definition) is 24. The van der Waals surface area contributed by atoms with Gasteiger partial charge in [0.05, 0.1) is 38.2 Å². The molecule has 2 aliphatic heterocycles. The van der Waals surface area contributed by atoms with Crippen molar-refractivity contribution >= 4 is 150 Å². The molecule has 11 amide bonds. The first-order valence-corrected chi connectivity index (χ1v) is 42.5. The van der Waals surface area contributed by atoms with E-state index in [1.807, 2.05) is 0 Å². The third kappa shape index (κ3) is 34.5. The molecule has 0 saturated carbocycles. The number of guanidine groups is 1. The number of benzene rings is 2. The van der Waals surface area contributed by atoms with Crippen molar-refractivity contribution in [2.45, 2.75) is 157 Å². The molecule has 46 heteroatoms. The Morgan fingerprint density at radius 2 is 0.944 bits per heavy atom. The highest BCUT2D eigenvalue weighted by molar-refractivity contribution is 7.80. The topological polar surface area (TPSA) is 643 Å². The van der Waals surface area contributed by atoms with Gasteiger partial charge in [-0.05, 0) is 81.0 Å². The van der Waals surface area contributed by atoms with Crippen LogP contribution in [-0.4, -0.2) is 348 Å². The van der Waals surface area contributed by atoms with E-state index in [-0.39, 0.29) is 134 Å². The van der Waals surface area contributed by atoms with Crippen molar-refractivity contribution in [2.75, 3.05) is 115 Å². The molecule has 2 fully saturated rings. The largest absolute Gasteiger partial charge is 0.481 e. The Bertz CT molecular complexity index is 4250. The van der Waals surface area contributed by atoms with E-state index in [0.717, 1.165) is 0 Å². The zero-order valence-corrected chi connectivity index (χ0v) is 71.7. The number of carbonyl (C=O) groups is 16. The number of aromatic amines is 2. The van der Waals surface area contributed by atoms with Crippen LogP contribution in [0.3, 0.4) is 0 Å². The molecule has 11 atom stereocenters. The van der Waals surface area contributed by atoms with Crippen molar-refractivity contribution in [3.05, 3.63) is 90.1 Å². The van der Waals surface area contributed by atoms with Crippen molar-refractivity contribution in [1.82, 2.24) is 97.9 Å². The van der Waals surface area contributed by atoms with Crippen LogP contribution in [-0.2, 0) is 96.0 Å². The fourth-order valence-corrected chi connectivity index (χ4v) is 14.7. The Morgan fingerprint density at radius 3 is 1.42 bits per heavy atom. The van der Waals surface area contributed by atoms with E-state index in [1.54, 1.807) is 94.2 Å². The number of carboxylic acids is 5. The number of nitrogens with zero attached hydrogens (tertiary/aromatic N) is 6. The van der Waals surface area contributed by atoms with Crippen LogP contribution in [0.2, 0.25) is 0 Å². The van der Waals surface area contributed by atoms with Gasteiger partial charge >= 0.3 is 29.8 Å². The first-order valence-electron chi connectivity index (χ1n) is 40.6. The van der Waals surface area contributed by atoms with Crippen molar-refractivity contribution in [3.63, 3.8) is 0 Å². The van der Waals surface area contributed by atoms with Crippen LogP contribution in [0.5, 0.6) is 0 Å². The molecule has 0 unspecified atom stereocenters. The van der Waals surface area contributed by atoms with E-state index in [2.05, 4.69) is 111 Å². The number of thiol groups is 3. The lowest BCUT2D eigenvalue weighted by Crippen LogP contribution is -2.61. The summed E-state index contributed by atoms with van der Waals surface area (Å²) < 4.78 is 0. The van der Waals surface area contributed by atoms with Crippen LogP contribution >= 0.6 is 37.9 Å². The number of hydrogen-bond acceptors (Lipinski definition) is 26. The lowest BCUT2D eigenvalue weighted by Gasteiger charge is -2.33. The maximum Gasteiger partial charge on any atom is 0.326 e. The molecule has 682 valence electrons. The highest BCUT2D eigenvalue weighted by Gasteiger charge is 2.42. The summed E-state index contributed by atoms with van der Waals surface area (Å²) in [5.74, 6) is -18.4. The number of rotatable bonds is 50. The quantitative estimate of drug-likeness (QED) is 0.00852. The van der Waals surface area contributed by atoms with E-state index in [1.165, 1.54) is 17.4 Å². The summed E-state index contributed by atoms with van der Waals surface area (Å²) in [5.41, 5.74) is 13.3. The minimum Gasteiger partial charge on any atom is -0.481 e. The molecular formula is C78H116N22O21S3. The Labute approximate surface area is 731 Å². The third-order valence-electron chi connectivity index (χ3n) is 20.6. The van der Waals surface area contributed by atoms with Crippen molar-refractivity contribution in [1.29, 1.82) is 5.41 Å². The summed E-state index contributed by atoms with van der Waals surface area (Å²) >= 11 is 13.0. The number of carboxylic acid groups (broad SMARTS) is 5. The van der Waals surface area contributed by atoms with Crippen molar-refractivity contribution in [3.8, 4) is 0 Å². The summed E-state index contributed by atoms with van der Waals surface area (Å²) in [6.07, 6.45) is 3.16. The molecule has 4 heterocycles. The molecule has 0 aliphatic carbocycles. The second-order valence-electron chi connectivity index (χ2n) is 30.4. The van der Waals surface area contributed by atoms with Gasteiger partial charge in [0.1, 0.15) is 66.5 Å². The molecule has 23 N–H and O–H groups in total. The maximum atomic E-state index is 15.2. The number of aliphatic carboxylic acids is 5. The van der Waals surface area contributed by atoms with Crippen LogP contribution in [0.15, 0.2) is 73.3 Å². The van der Waals surface area contributed by atoms with Crippen LogP contribution in [0, 0.1) is 11.3 Å². The smallest absolute Gasteiger partial charge is 0.326 e. The van der Waals surface area contributed by atoms with Gasteiger partial charge in [-0.2, -0.15) is 37.9 Å². The minimum atomic E-state index is -1.79. The zero-order valence-electron chi connectivity index (χ0n) is 69.0. The normalized spacial score (nSPS) is 16.8. The molecule has 124 heavy (non-hydrogen) atoms. The number of para-hydroxylation sites is 1. The van der Waals surface area contributed by atoms with E-state index >= 15 is 19.2 Å². The van der Waals surface area contributed by atoms with Gasteiger partial charge in [0.15, 0.2) is 5.96 Å². The standard InChI is InChI=1S/C78H116N22O21S3/c1-45(2)66(77(120)121)95-75(118)60-18-11-23-100(60)76(119)53(16-8-9-21-79)89-74(117)59(43-124)93-70(113)55(33-47-35-84-50-15-7-6-14-49(47)50)91-67(110)51(17-10-22-83-78(80)81)87-69(112)54(32-46-12-4-3-5-13-46)90-71(114)56(34-48-36-82-44-85-48)92-68(111)52(19-20-62(102)103)88-73(116)58(42-123)94-72(115)57(41-122)86-61(101)37-96-24-26-97(38-63(104)105)28-30-99(40-65(108)109)31-29-98(27-25-96)39-64(106)107/h3-7,12-15,35-36,44-45,51-60,66,84,122-124H,8-11,16-34,37-43,79H2,1-2H3,(H,82,85)(H,86,101)(H,87,112)(H,88,116)(H,89,117)(H,90,114)(H,91,110)(H,92,111)(H,93,113)(H,94,115)(H,95,118)(H,102,103)(H,104,105)(H,106,107)(H,108,109)(H,120,121)(H4,80,81,83)/t51-,52-,53-,54+,55-,56-,57-,58-,59-,60-,66-/m0/s1. The van der Waals surface area contributed by atoms with E-state index in [0.29, 0.717) is 41.3 Å². The van der Waals surface area contributed by atoms with Crippen LogP contribution in [0.4, 0.5) is 0 Å². The first-order chi connectivity index (χ1) is 59.1. The lowest BCUT2D eigenvalue weighted by molar-refractivity contribution is -0.146.